The maximum atomic E-state index is 4.86. The van der Waals surface area contributed by atoms with Crippen LogP contribution in [0.4, 0.5) is 0 Å². The minimum atomic E-state index is 0.879. The second-order valence-corrected chi connectivity index (χ2v) is 6.14. The lowest BCUT2D eigenvalue weighted by Crippen LogP contribution is -2.19. The monoisotopic (exact) mass is 293 g/mol. The van der Waals surface area contributed by atoms with Crippen LogP contribution in [-0.2, 0) is 13.0 Å². The number of hydrogen-bond donors (Lipinski definition) is 0. The molecule has 1 heterocycles. The minimum absolute atomic E-state index is 0.879. The molecule has 0 unspecified atom stereocenters. The Morgan fingerprint density at radius 2 is 1.86 bits per heavy atom. The van der Waals surface area contributed by atoms with Gasteiger partial charge in [0.05, 0.1) is 11.0 Å². The number of rotatable bonds is 5. The summed E-state index contributed by atoms with van der Waals surface area (Å²) in [5.74, 6) is 1.15. The number of benzene rings is 2. The van der Waals surface area contributed by atoms with Crippen molar-refractivity contribution in [3.05, 3.63) is 65.5 Å². The summed E-state index contributed by atoms with van der Waals surface area (Å²) in [5.41, 5.74) is 4.94. The van der Waals surface area contributed by atoms with Crippen molar-refractivity contribution in [1.82, 2.24) is 14.5 Å². The van der Waals surface area contributed by atoms with Gasteiger partial charge < -0.3 is 9.47 Å². The zero-order valence-electron chi connectivity index (χ0n) is 13.6. The molecule has 3 nitrogen and oxygen atoms in total. The van der Waals surface area contributed by atoms with Gasteiger partial charge in [-0.3, -0.25) is 0 Å². The van der Waals surface area contributed by atoms with E-state index < -0.39 is 0 Å². The largest absolute Gasteiger partial charge is 0.326 e. The van der Waals surface area contributed by atoms with E-state index in [9.17, 15) is 0 Å². The first-order valence-electron chi connectivity index (χ1n) is 7.78. The predicted octanol–water partition coefficient (Wildman–Crippen LogP) is 3.50. The van der Waals surface area contributed by atoms with Gasteiger partial charge in [0.25, 0.3) is 0 Å². The Labute approximate surface area is 132 Å². The van der Waals surface area contributed by atoms with Gasteiger partial charge in [0.2, 0.25) is 0 Å². The van der Waals surface area contributed by atoms with Crippen LogP contribution in [0.3, 0.4) is 0 Å². The summed E-state index contributed by atoms with van der Waals surface area (Å²) in [5, 5.41) is 0. The van der Waals surface area contributed by atoms with Crippen LogP contribution in [0.5, 0.6) is 0 Å². The highest BCUT2D eigenvalue weighted by Crippen LogP contribution is 2.19. The average molecular weight is 293 g/mol. The fraction of sp³-hybridized carbons (Fsp3) is 0.316. The molecule has 0 aliphatic carbocycles. The van der Waals surface area contributed by atoms with E-state index in [1.165, 1.54) is 16.6 Å². The third-order valence-corrected chi connectivity index (χ3v) is 3.95. The molecule has 1 aromatic heterocycles. The van der Waals surface area contributed by atoms with E-state index in [1.54, 1.807) is 0 Å². The van der Waals surface area contributed by atoms with Crippen LogP contribution in [0.1, 0.15) is 17.0 Å². The molecule has 0 fully saturated rings. The van der Waals surface area contributed by atoms with E-state index in [4.69, 9.17) is 4.98 Å². The fourth-order valence-electron chi connectivity index (χ4n) is 2.81. The molecule has 3 aromatic rings. The first-order chi connectivity index (χ1) is 10.6. The number of aromatic nitrogens is 2. The summed E-state index contributed by atoms with van der Waals surface area (Å²) in [4.78, 5) is 7.07. The van der Waals surface area contributed by atoms with Gasteiger partial charge in [-0.2, -0.15) is 0 Å². The highest BCUT2D eigenvalue weighted by molar-refractivity contribution is 5.76. The van der Waals surface area contributed by atoms with Crippen LogP contribution in [-0.4, -0.2) is 35.1 Å². The molecule has 0 bridgehead atoms. The van der Waals surface area contributed by atoms with Gasteiger partial charge in [-0.25, -0.2) is 4.98 Å². The molecule has 0 amide bonds. The van der Waals surface area contributed by atoms with Gasteiger partial charge in [-0.05, 0) is 38.7 Å². The lowest BCUT2D eigenvalue weighted by Gasteiger charge is -2.13. The number of fused-ring (bicyclic) bond motifs is 1. The number of para-hydroxylation sites is 2. The molecule has 0 saturated carbocycles. The fourth-order valence-corrected chi connectivity index (χ4v) is 2.81. The molecule has 2 aromatic carbocycles. The van der Waals surface area contributed by atoms with E-state index in [2.05, 4.69) is 79.0 Å². The van der Waals surface area contributed by atoms with Crippen molar-refractivity contribution in [3.8, 4) is 0 Å². The summed E-state index contributed by atoms with van der Waals surface area (Å²) >= 11 is 0. The van der Waals surface area contributed by atoms with Crippen molar-refractivity contribution in [3.63, 3.8) is 0 Å². The number of hydrogen-bond acceptors (Lipinski definition) is 2. The van der Waals surface area contributed by atoms with Crippen LogP contribution >= 0.6 is 0 Å². The highest BCUT2D eigenvalue weighted by Gasteiger charge is 2.11. The molecule has 0 N–H and O–H groups in total. The van der Waals surface area contributed by atoms with Crippen LogP contribution in [0.15, 0.2) is 48.5 Å². The molecule has 0 saturated heterocycles. The zero-order chi connectivity index (χ0) is 15.5. The molecule has 0 spiro atoms. The SMILES string of the molecule is Cc1cccc(Cc2nc3ccccc3n2CCN(C)C)c1. The number of likely N-dealkylation sites (N-methyl/N-ethyl adjacent to an activating group) is 1. The van der Waals surface area contributed by atoms with E-state index >= 15 is 0 Å². The Morgan fingerprint density at radius 3 is 2.64 bits per heavy atom. The summed E-state index contributed by atoms with van der Waals surface area (Å²) in [6.07, 6.45) is 0.879. The van der Waals surface area contributed by atoms with Gasteiger partial charge in [0.1, 0.15) is 5.82 Å². The van der Waals surface area contributed by atoms with Gasteiger partial charge in [-0.1, -0.05) is 42.0 Å². The lowest BCUT2D eigenvalue weighted by molar-refractivity contribution is 0.384. The van der Waals surface area contributed by atoms with Crippen LogP contribution < -0.4 is 0 Å². The molecule has 3 heteroatoms. The third-order valence-electron chi connectivity index (χ3n) is 3.95. The lowest BCUT2D eigenvalue weighted by atomic mass is 10.1. The Morgan fingerprint density at radius 1 is 1.05 bits per heavy atom. The van der Waals surface area contributed by atoms with Gasteiger partial charge in [0.15, 0.2) is 0 Å². The molecule has 22 heavy (non-hydrogen) atoms. The highest BCUT2D eigenvalue weighted by atomic mass is 15.1. The van der Waals surface area contributed by atoms with E-state index in [0.717, 1.165) is 30.9 Å². The average Bonchev–Trinajstić information content (AvgIpc) is 2.82. The van der Waals surface area contributed by atoms with Crippen LogP contribution in [0.2, 0.25) is 0 Å². The maximum absolute atomic E-state index is 4.86. The number of nitrogens with zero attached hydrogens (tertiary/aromatic N) is 3. The van der Waals surface area contributed by atoms with Gasteiger partial charge >= 0.3 is 0 Å². The summed E-state index contributed by atoms with van der Waals surface area (Å²) in [6.45, 7) is 4.12. The molecule has 3 rings (SSSR count). The van der Waals surface area contributed by atoms with Crippen molar-refractivity contribution in [2.45, 2.75) is 19.9 Å². The van der Waals surface area contributed by atoms with Crippen molar-refractivity contribution in [2.24, 2.45) is 0 Å². The Bertz CT molecular complexity index is 771. The Balaban J connectivity index is 1.98. The standard InChI is InChI=1S/C19H23N3/c1-15-7-6-8-16(13-15)14-19-20-17-9-4-5-10-18(17)22(19)12-11-21(2)3/h4-10,13H,11-12,14H2,1-3H3. The number of imidazole rings is 1. The second kappa shape index (κ2) is 6.32. The molecule has 0 aliphatic heterocycles. The predicted molar refractivity (Wildman–Crippen MR) is 92.3 cm³/mol. The van der Waals surface area contributed by atoms with E-state index in [-0.39, 0.29) is 0 Å². The van der Waals surface area contributed by atoms with Crippen LogP contribution in [0, 0.1) is 6.92 Å². The molecule has 0 aliphatic rings. The first-order valence-corrected chi connectivity index (χ1v) is 7.78. The summed E-state index contributed by atoms with van der Waals surface area (Å²) < 4.78 is 2.36. The Kier molecular flexibility index (Phi) is 4.25. The normalized spacial score (nSPS) is 11.5. The van der Waals surface area contributed by atoms with E-state index in [1.807, 2.05) is 0 Å². The quantitative estimate of drug-likeness (QED) is 0.718. The second-order valence-electron chi connectivity index (χ2n) is 6.14. The van der Waals surface area contributed by atoms with Crippen molar-refractivity contribution in [1.29, 1.82) is 0 Å². The summed E-state index contributed by atoms with van der Waals surface area (Å²) in [7, 11) is 4.22. The van der Waals surface area contributed by atoms with Gasteiger partial charge in [-0.15, -0.1) is 0 Å². The minimum Gasteiger partial charge on any atom is -0.326 e. The molecule has 114 valence electrons. The smallest absolute Gasteiger partial charge is 0.114 e. The van der Waals surface area contributed by atoms with Crippen molar-refractivity contribution >= 4 is 11.0 Å². The van der Waals surface area contributed by atoms with Crippen molar-refractivity contribution in [2.75, 3.05) is 20.6 Å². The molecular formula is C19H23N3. The maximum Gasteiger partial charge on any atom is 0.114 e. The topological polar surface area (TPSA) is 21.1 Å². The molecule has 0 radical (unpaired) electrons. The van der Waals surface area contributed by atoms with Crippen molar-refractivity contribution < 1.29 is 0 Å². The summed E-state index contributed by atoms with van der Waals surface area (Å²) in [6, 6.07) is 17.1. The number of aryl methyl sites for hydroxylation is 1. The van der Waals surface area contributed by atoms with E-state index in [0.29, 0.717) is 0 Å². The molecular weight excluding hydrogens is 270 g/mol. The van der Waals surface area contributed by atoms with Gasteiger partial charge in [0, 0.05) is 19.5 Å². The third kappa shape index (κ3) is 3.20. The Hall–Kier alpha value is -2.13. The molecule has 0 atom stereocenters. The zero-order valence-corrected chi connectivity index (χ0v) is 13.6. The van der Waals surface area contributed by atoms with Crippen LogP contribution in [0.25, 0.3) is 11.0 Å². The first kappa shape index (κ1) is 14.8.